The van der Waals surface area contributed by atoms with Gasteiger partial charge in [-0.05, 0) is 31.2 Å². The number of hydrogen-bond donors (Lipinski definition) is 1. The van der Waals surface area contributed by atoms with Gasteiger partial charge in [-0.25, -0.2) is 9.18 Å². The highest BCUT2D eigenvalue weighted by molar-refractivity contribution is 5.97. The molecule has 2 aromatic rings. The van der Waals surface area contributed by atoms with Crippen molar-refractivity contribution in [3.63, 3.8) is 0 Å². The predicted molar refractivity (Wildman–Crippen MR) is 60.1 cm³/mol. The van der Waals surface area contributed by atoms with Crippen LogP contribution in [0.5, 0.6) is 0 Å². The van der Waals surface area contributed by atoms with Crippen molar-refractivity contribution in [2.24, 2.45) is 0 Å². The van der Waals surface area contributed by atoms with E-state index in [4.69, 9.17) is 0 Å². The van der Waals surface area contributed by atoms with E-state index >= 15 is 0 Å². The molecule has 0 radical (unpaired) electrons. The fraction of sp³-hybridized carbons (Fsp3) is 0.167. The molecule has 0 saturated carbocycles. The number of halogens is 1. The van der Waals surface area contributed by atoms with E-state index in [2.05, 4.69) is 14.9 Å². The molecule has 5 heteroatoms. The van der Waals surface area contributed by atoms with Gasteiger partial charge in [-0.1, -0.05) is 0 Å². The summed E-state index contributed by atoms with van der Waals surface area (Å²) in [6, 6.07) is 5.77. The van der Waals surface area contributed by atoms with E-state index in [0.717, 1.165) is 0 Å². The highest BCUT2D eigenvalue weighted by atomic mass is 19.1. The SMILES string of the molecule is COC(=O)c1c(-c2ccc(F)cc2)n[nH]c1C. The predicted octanol–water partition coefficient (Wildman–Crippen LogP) is 2.31. The molecule has 1 N–H and O–H groups in total. The number of rotatable bonds is 2. The molecule has 0 fully saturated rings. The third kappa shape index (κ3) is 2.04. The Morgan fingerprint density at radius 2 is 2.00 bits per heavy atom. The molecule has 0 unspecified atom stereocenters. The number of ether oxygens (including phenoxy) is 1. The summed E-state index contributed by atoms with van der Waals surface area (Å²) in [5.74, 6) is -0.795. The molecule has 0 bridgehead atoms. The number of aryl methyl sites for hydroxylation is 1. The molecule has 1 heterocycles. The highest BCUT2D eigenvalue weighted by Crippen LogP contribution is 2.24. The Morgan fingerprint density at radius 3 is 2.59 bits per heavy atom. The Hall–Kier alpha value is -2.17. The second-order valence-corrected chi connectivity index (χ2v) is 3.57. The molecular formula is C12H11FN2O2. The van der Waals surface area contributed by atoms with E-state index in [1.54, 1.807) is 19.1 Å². The standard InChI is InChI=1S/C12H11FN2O2/c1-7-10(12(16)17-2)11(15-14-7)8-3-5-9(13)6-4-8/h3-6H,1-2H3,(H,14,15). The van der Waals surface area contributed by atoms with Crippen LogP contribution in [0.2, 0.25) is 0 Å². The fourth-order valence-corrected chi connectivity index (χ4v) is 1.60. The summed E-state index contributed by atoms with van der Waals surface area (Å²) in [5.41, 5.74) is 2.13. The van der Waals surface area contributed by atoms with Gasteiger partial charge >= 0.3 is 5.97 Å². The zero-order chi connectivity index (χ0) is 12.4. The lowest BCUT2D eigenvalue weighted by atomic mass is 10.1. The van der Waals surface area contributed by atoms with Crippen LogP contribution in [0, 0.1) is 12.7 Å². The van der Waals surface area contributed by atoms with Gasteiger partial charge in [0.25, 0.3) is 0 Å². The third-order valence-corrected chi connectivity index (χ3v) is 2.45. The quantitative estimate of drug-likeness (QED) is 0.811. The van der Waals surface area contributed by atoms with Crippen LogP contribution in [0.15, 0.2) is 24.3 Å². The first-order valence-electron chi connectivity index (χ1n) is 5.02. The first-order chi connectivity index (χ1) is 8.13. The summed E-state index contributed by atoms with van der Waals surface area (Å²) in [4.78, 5) is 11.6. The zero-order valence-electron chi connectivity index (χ0n) is 9.45. The molecule has 2 rings (SSSR count). The third-order valence-electron chi connectivity index (χ3n) is 2.45. The maximum absolute atomic E-state index is 12.8. The molecule has 0 aliphatic heterocycles. The molecular weight excluding hydrogens is 223 g/mol. The van der Waals surface area contributed by atoms with Gasteiger partial charge in [0.1, 0.15) is 17.1 Å². The Labute approximate surface area is 97.4 Å². The number of aromatic amines is 1. The van der Waals surface area contributed by atoms with Crippen LogP contribution in [0.1, 0.15) is 16.1 Å². The second kappa shape index (κ2) is 4.37. The van der Waals surface area contributed by atoms with Gasteiger partial charge in [-0.15, -0.1) is 0 Å². The van der Waals surface area contributed by atoms with Crippen molar-refractivity contribution >= 4 is 5.97 Å². The van der Waals surface area contributed by atoms with Crippen LogP contribution < -0.4 is 0 Å². The molecule has 88 valence electrons. The van der Waals surface area contributed by atoms with Crippen LogP contribution in [0.25, 0.3) is 11.3 Å². The van der Waals surface area contributed by atoms with Crippen molar-refractivity contribution in [3.05, 3.63) is 41.3 Å². The molecule has 0 aliphatic carbocycles. The van der Waals surface area contributed by atoms with Gasteiger partial charge in [0.05, 0.1) is 7.11 Å². The van der Waals surface area contributed by atoms with Crippen LogP contribution in [-0.4, -0.2) is 23.3 Å². The first kappa shape index (κ1) is 11.3. The van der Waals surface area contributed by atoms with Crippen molar-refractivity contribution in [1.82, 2.24) is 10.2 Å². The number of methoxy groups -OCH3 is 1. The van der Waals surface area contributed by atoms with E-state index in [-0.39, 0.29) is 5.82 Å². The monoisotopic (exact) mass is 234 g/mol. The first-order valence-corrected chi connectivity index (χ1v) is 5.02. The lowest BCUT2D eigenvalue weighted by Crippen LogP contribution is -2.03. The minimum absolute atomic E-state index is 0.333. The van der Waals surface area contributed by atoms with Crippen molar-refractivity contribution in [2.75, 3.05) is 7.11 Å². The second-order valence-electron chi connectivity index (χ2n) is 3.57. The zero-order valence-corrected chi connectivity index (χ0v) is 9.45. The fourth-order valence-electron chi connectivity index (χ4n) is 1.60. The molecule has 0 amide bonds. The minimum Gasteiger partial charge on any atom is -0.465 e. The summed E-state index contributed by atoms with van der Waals surface area (Å²) in [7, 11) is 1.31. The van der Waals surface area contributed by atoms with Crippen LogP contribution >= 0.6 is 0 Å². The topological polar surface area (TPSA) is 55.0 Å². The van der Waals surface area contributed by atoms with E-state index in [9.17, 15) is 9.18 Å². The van der Waals surface area contributed by atoms with Gasteiger partial charge in [-0.2, -0.15) is 5.10 Å². The smallest absolute Gasteiger partial charge is 0.341 e. The minimum atomic E-state index is -0.462. The molecule has 0 saturated heterocycles. The van der Waals surface area contributed by atoms with Crippen LogP contribution in [0.3, 0.4) is 0 Å². The summed E-state index contributed by atoms with van der Waals surface area (Å²) >= 11 is 0. The number of nitrogens with zero attached hydrogens (tertiary/aromatic N) is 1. The number of carbonyl (C=O) groups is 1. The lowest BCUT2D eigenvalue weighted by molar-refractivity contribution is 0.0601. The summed E-state index contributed by atoms with van der Waals surface area (Å²) in [6.07, 6.45) is 0. The maximum atomic E-state index is 12.8. The summed E-state index contributed by atoms with van der Waals surface area (Å²) in [6.45, 7) is 1.73. The van der Waals surface area contributed by atoms with Gasteiger partial charge in [0.2, 0.25) is 0 Å². The maximum Gasteiger partial charge on any atom is 0.341 e. The van der Waals surface area contributed by atoms with E-state index in [1.165, 1.54) is 19.2 Å². The number of benzene rings is 1. The van der Waals surface area contributed by atoms with E-state index < -0.39 is 5.97 Å². The summed E-state index contributed by atoms with van der Waals surface area (Å²) < 4.78 is 17.5. The van der Waals surface area contributed by atoms with Gasteiger partial charge in [0.15, 0.2) is 0 Å². The molecule has 17 heavy (non-hydrogen) atoms. The van der Waals surface area contributed by atoms with Gasteiger partial charge < -0.3 is 4.74 Å². The Kier molecular flexibility index (Phi) is 2.91. The lowest BCUT2D eigenvalue weighted by Gasteiger charge is -2.01. The normalized spacial score (nSPS) is 10.3. The Bertz CT molecular complexity index is 546. The number of nitrogens with one attached hydrogen (secondary N) is 1. The average Bonchev–Trinajstić information content (AvgIpc) is 2.71. The van der Waals surface area contributed by atoms with Crippen molar-refractivity contribution < 1.29 is 13.9 Å². The van der Waals surface area contributed by atoms with Crippen molar-refractivity contribution in [2.45, 2.75) is 6.92 Å². The number of H-pyrrole nitrogens is 1. The molecule has 4 nitrogen and oxygen atoms in total. The van der Waals surface area contributed by atoms with E-state index in [0.29, 0.717) is 22.5 Å². The number of esters is 1. The molecule has 1 aromatic heterocycles. The van der Waals surface area contributed by atoms with E-state index in [1.807, 2.05) is 0 Å². The average molecular weight is 234 g/mol. The molecule has 0 atom stereocenters. The highest BCUT2D eigenvalue weighted by Gasteiger charge is 2.19. The van der Waals surface area contributed by atoms with Crippen LogP contribution in [0.4, 0.5) is 4.39 Å². The van der Waals surface area contributed by atoms with Crippen LogP contribution in [-0.2, 0) is 4.74 Å². The Balaban J connectivity index is 2.52. The number of carbonyl (C=O) groups excluding carboxylic acids is 1. The molecule has 1 aromatic carbocycles. The largest absolute Gasteiger partial charge is 0.465 e. The number of hydrogen-bond acceptors (Lipinski definition) is 3. The van der Waals surface area contributed by atoms with Gasteiger partial charge in [-0.3, -0.25) is 5.10 Å². The van der Waals surface area contributed by atoms with Crippen molar-refractivity contribution in [1.29, 1.82) is 0 Å². The molecule has 0 aliphatic rings. The van der Waals surface area contributed by atoms with Gasteiger partial charge in [0, 0.05) is 11.3 Å². The Morgan fingerprint density at radius 1 is 1.35 bits per heavy atom. The molecule has 0 spiro atoms. The summed E-state index contributed by atoms with van der Waals surface area (Å²) in [5, 5.41) is 6.76. The number of aromatic nitrogens is 2. The van der Waals surface area contributed by atoms with Crippen molar-refractivity contribution in [3.8, 4) is 11.3 Å².